The fourth-order valence-electron chi connectivity index (χ4n) is 2.75. The van der Waals surface area contributed by atoms with E-state index >= 15 is 0 Å². The van der Waals surface area contributed by atoms with Crippen molar-refractivity contribution in [3.8, 4) is 0 Å². The van der Waals surface area contributed by atoms with Crippen molar-refractivity contribution in [2.45, 2.75) is 39.2 Å². The molecule has 1 aromatic rings. The van der Waals surface area contributed by atoms with Crippen molar-refractivity contribution in [1.29, 1.82) is 0 Å². The smallest absolute Gasteiger partial charge is 0.286 e. The van der Waals surface area contributed by atoms with E-state index in [0.717, 1.165) is 25.3 Å². The van der Waals surface area contributed by atoms with Crippen LogP contribution in [0.1, 0.15) is 48.9 Å². The number of nitrogens with zero attached hydrogens (tertiary/aromatic N) is 1. The molecule has 5 heteroatoms. The Morgan fingerprint density at radius 3 is 2.86 bits per heavy atom. The highest BCUT2D eigenvalue weighted by atomic mass is 16.5. The first kappa shape index (κ1) is 17.0. The fourth-order valence-corrected chi connectivity index (χ4v) is 2.75. The molecule has 0 radical (unpaired) electrons. The SMILES string of the molecule is COCc1ccc(C(=O)NCCCCN2CCC(C)CC2)o1. The molecule has 0 atom stereocenters. The number of furan rings is 1. The van der Waals surface area contributed by atoms with Crippen LogP contribution in [0.5, 0.6) is 0 Å². The molecule has 0 aromatic carbocycles. The molecule has 1 aliphatic heterocycles. The van der Waals surface area contributed by atoms with Crippen LogP contribution in [0.25, 0.3) is 0 Å². The van der Waals surface area contributed by atoms with E-state index in [1.807, 2.05) is 0 Å². The Morgan fingerprint density at radius 2 is 2.14 bits per heavy atom. The van der Waals surface area contributed by atoms with E-state index in [2.05, 4.69) is 17.1 Å². The van der Waals surface area contributed by atoms with Crippen molar-refractivity contribution in [2.24, 2.45) is 5.92 Å². The van der Waals surface area contributed by atoms with Gasteiger partial charge in [-0.15, -0.1) is 0 Å². The average molecular weight is 308 g/mol. The van der Waals surface area contributed by atoms with E-state index in [-0.39, 0.29) is 5.91 Å². The van der Waals surface area contributed by atoms with Crippen LogP contribution in [0, 0.1) is 5.92 Å². The fraction of sp³-hybridized carbons (Fsp3) is 0.706. The van der Waals surface area contributed by atoms with Crippen LogP contribution in [0.3, 0.4) is 0 Å². The molecular weight excluding hydrogens is 280 g/mol. The maximum absolute atomic E-state index is 11.9. The molecule has 124 valence electrons. The molecule has 5 nitrogen and oxygen atoms in total. The summed E-state index contributed by atoms with van der Waals surface area (Å²) in [6.45, 7) is 7.01. The van der Waals surface area contributed by atoms with Gasteiger partial charge < -0.3 is 19.4 Å². The number of ether oxygens (including phenoxy) is 1. The predicted octanol–water partition coefficient (Wildman–Crippen LogP) is 2.67. The van der Waals surface area contributed by atoms with Crippen LogP contribution >= 0.6 is 0 Å². The molecule has 1 fully saturated rings. The Morgan fingerprint density at radius 1 is 1.36 bits per heavy atom. The topological polar surface area (TPSA) is 54.7 Å². The number of hydrogen-bond donors (Lipinski definition) is 1. The Hall–Kier alpha value is -1.33. The minimum absolute atomic E-state index is 0.144. The van der Waals surface area contributed by atoms with E-state index in [9.17, 15) is 4.79 Å². The third-order valence-corrected chi connectivity index (χ3v) is 4.23. The zero-order valence-corrected chi connectivity index (χ0v) is 13.8. The van der Waals surface area contributed by atoms with Crippen molar-refractivity contribution in [3.63, 3.8) is 0 Å². The molecule has 1 saturated heterocycles. The van der Waals surface area contributed by atoms with E-state index < -0.39 is 0 Å². The van der Waals surface area contributed by atoms with Gasteiger partial charge in [-0.1, -0.05) is 6.92 Å². The number of piperidine rings is 1. The van der Waals surface area contributed by atoms with Gasteiger partial charge in [-0.05, 0) is 63.4 Å². The summed E-state index contributed by atoms with van der Waals surface area (Å²) < 4.78 is 10.4. The minimum atomic E-state index is -0.144. The number of likely N-dealkylation sites (tertiary alicyclic amines) is 1. The predicted molar refractivity (Wildman–Crippen MR) is 85.8 cm³/mol. The summed E-state index contributed by atoms with van der Waals surface area (Å²) in [7, 11) is 1.60. The van der Waals surface area contributed by atoms with Crippen LogP contribution in [0.15, 0.2) is 16.5 Å². The summed E-state index contributed by atoms with van der Waals surface area (Å²) >= 11 is 0. The first-order valence-electron chi connectivity index (χ1n) is 8.27. The van der Waals surface area contributed by atoms with Crippen molar-refractivity contribution in [3.05, 3.63) is 23.7 Å². The quantitative estimate of drug-likeness (QED) is 0.750. The normalized spacial score (nSPS) is 16.8. The summed E-state index contributed by atoms with van der Waals surface area (Å²) in [5.41, 5.74) is 0. The Labute approximate surface area is 133 Å². The number of hydrogen-bond acceptors (Lipinski definition) is 4. The van der Waals surface area contributed by atoms with Gasteiger partial charge in [-0.2, -0.15) is 0 Å². The Kier molecular flexibility index (Phi) is 6.93. The lowest BCUT2D eigenvalue weighted by molar-refractivity contribution is 0.0915. The lowest BCUT2D eigenvalue weighted by atomic mass is 9.99. The summed E-state index contributed by atoms with van der Waals surface area (Å²) in [5, 5.41) is 2.91. The van der Waals surface area contributed by atoms with Crippen molar-refractivity contribution in [2.75, 3.05) is 33.3 Å². The summed E-state index contributed by atoms with van der Waals surface area (Å²) in [6.07, 6.45) is 4.77. The molecular formula is C17H28N2O3. The van der Waals surface area contributed by atoms with Gasteiger partial charge in [0.25, 0.3) is 5.91 Å². The molecule has 0 aliphatic carbocycles. The zero-order valence-electron chi connectivity index (χ0n) is 13.8. The minimum Gasteiger partial charge on any atom is -0.453 e. The first-order valence-corrected chi connectivity index (χ1v) is 8.27. The lowest BCUT2D eigenvalue weighted by Crippen LogP contribution is -2.34. The maximum Gasteiger partial charge on any atom is 0.286 e. The number of carbonyl (C=O) groups excluding carboxylic acids is 1. The van der Waals surface area contributed by atoms with E-state index in [1.165, 1.54) is 25.9 Å². The number of rotatable bonds is 8. The number of methoxy groups -OCH3 is 1. The molecule has 1 N–H and O–H groups in total. The molecule has 0 saturated carbocycles. The lowest BCUT2D eigenvalue weighted by Gasteiger charge is -2.30. The van der Waals surface area contributed by atoms with Gasteiger partial charge in [-0.25, -0.2) is 0 Å². The highest BCUT2D eigenvalue weighted by Crippen LogP contribution is 2.16. The maximum atomic E-state index is 11.9. The summed E-state index contributed by atoms with van der Waals surface area (Å²) in [4.78, 5) is 14.4. The second-order valence-electron chi connectivity index (χ2n) is 6.19. The van der Waals surface area contributed by atoms with Crippen LogP contribution in [-0.2, 0) is 11.3 Å². The number of amides is 1. The summed E-state index contributed by atoms with van der Waals surface area (Å²) in [6, 6.07) is 3.47. The third kappa shape index (κ3) is 5.46. The van der Waals surface area contributed by atoms with Gasteiger partial charge in [0, 0.05) is 13.7 Å². The molecule has 22 heavy (non-hydrogen) atoms. The third-order valence-electron chi connectivity index (χ3n) is 4.23. The van der Waals surface area contributed by atoms with Gasteiger partial charge in [0.15, 0.2) is 5.76 Å². The Bertz CT molecular complexity index is 451. The van der Waals surface area contributed by atoms with Gasteiger partial charge in [0.05, 0.1) is 0 Å². The molecule has 2 rings (SSSR count). The first-order chi connectivity index (χ1) is 10.7. The monoisotopic (exact) mass is 308 g/mol. The second-order valence-corrected chi connectivity index (χ2v) is 6.19. The average Bonchev–Trinajstić information content (AvgIpc) is 2.98. The molecule has 0 bridgehead atoms. The van der Waals surface area contributed by atoms with Crippen molar-refractivity contribution < 1.29 is 13.9 Å². The highest BCUT2D eigenvalue weighted by Gasteiger charge is 2.15. The van der Waals surface area contributed by atoms with Gasteiger partial charge in [-0.3, -0.25) is 4.79 Å². The highest BCUT2D eigenvalue weighted by molar-refractivity contribution is 5.91. The van der Waals surface area contributed by atoms with Crippen molar-refractivity contribution in [1.82, 2.24) is 10.2 Å². The van der Waals surface area contributed by atoms with Crippen LogP contribution in [0.4, 0.5) is 0 Å². The van der Waals surface area contributed by atoms with Crippen LogP contribution in [-0.4, -0.2) is 44.1 Å². The van der Waals surface area contributed by atoms with E-state index in [1.54, 1.807) is 19.2 Å². The molecule has 1 aliphatic rings. The summed E-state index contributed by atoms with van der Waals surface area (Å²) in [5.74, 6) is 1.77. The van der Waals surface area contributed by atoms with Crippen molar-refractivity contribution >= 4 is 5.91 Å². The van der Waals surface area contributed by atoms with Crippen LogP contribution in [0.2, 0.25) is 0 Å². The van der Waals surface area contributed by atoms with Gasteiger partial charge in [0.1, 0.15) is 12.4 Å². The molecule has 0 unspecified atom stereocenters. The van der Waals surface area contributed by atoms with Crippen LogP contribution < -0.4 is 5.32 Å². The zero-order chi connectivity index (χ0) is 15.8. The van der Waals surface area contributed by atoms with E-state index in [0.29, 0.717) is 24.7 Å². The molecule has 1 amide bonds. The number of nitrogens with one attached hydrogen (secondary N) is 1. The Balaban J connectivity index is 1.57. The van der Waals surface area contributed by atoms with Gasteiger partial charge >= 0.3 is 0 Å². The standard InChI is InChI=1S/C17H28N2O3/c1-14-7-11-19(12-8-14)10-4-3-9-18-17(20)16-6-5-15(22-16)13-21-2/h5-6,14H,3-4,7-13H2,1-2H3,(H,18,20). The van der Waals surface area contributed by atoms with E-state index in [4.69, 9.17) is 9.15 Å². The second kappa shape index (κ2) is 8.96. The molecule has 2 heterocycles. The van der Waals surface area contributed by atoms with Gasteiger partial charge in [0.2, 0.25) is 0 Å². The number of unbranched alkanes of at least 4 members (excludes halogenated alkanes) is 1. The molecule has 0 spiro atoms. The largest absolute Gasteiger partial charge is 0.453 e. The number of carbonyl (C=O) groups is 1. The molecule has 1 aromatic heterocycles.